The Morgan fingerprint density at radius 1 is 0.931 bits per heavy atom. The standard InChI is InChI=1S/C24H25FN2O2/c25-22-10-8-20(9-11-22)23(28)27-14-4-7-21(17-27)24(29)26-15-12-19(13-16-26)18-5-2-1-3-6-18/h1-3,5-6,8-12,21H,4,7,13-17H2. The molecule has 0 radical (unpaired) electrons. The average molecular weight is 392 g/mol. The summed E-state index contributed by atoms with van der Waals surface area (Å²) >= 11 is 0. The van der Waals surface area contributed by atoms with Crippen molar-refractivity contribution in [2.24, 2.45) is 5.92 Å². The Morgan fingerprint density at radius 2 is 1.69 bits per heavy atom. The maximum atomic E-state index is 13.1. The van der Waals surface area contributed by atoms with E-state index in [1.165, 1.54) is 35.4 Å². The van der Waals surface area contributed by atoms with Crippen LogP contribution in [0.4, 0.5) is 4.39 Å². The number of nitrogens with zero attached hydrogens (tertiary/aromatic N) is 2. The number of carbonyl (C=O) groups is 2. The zero-order chi connectivity index (χ0) is 20.2. The smallest absolute Gasteiger partial charge is 0.253 e. The number of likely N-dealkylation sites (tertiary alicyclic amines) is 1. The summed E-state index contributed by atoms with van der Waals surface area (Å²) in [5, 5.41) is 0. The maximum absolute atomic E-state index is 13.1. The number of hydrogen-bond acceptors (Lipinski definition) is 2. The van der Waals surface area contributed by atoms with Crippen LogP contribution in [0.2, 0.25) is 0 Å². The molecule has 4 rings (SSSR count). The molecule has 0 bridgehead atoms. The molecule has 1 saturated heterocycles. The van der Waals surface area contributed by atoms with Gasteiger partial charge in [-0.25, -0.2) is 4.39 Å². The highest BCUT2D eigenvalue weighted by Crippen LogP contribution is 2.25. The van der Waals surface area contributed by atoms with Gasteiger partial charge in [-0.2, -0.15) is 0 Å². The minimum absolute atomic E-state index is 0.130. The van der Waals surface area contributed by atoms with E-state index in [2.05, 4.69) is 18.2 Å². The van der Waals surface area contributed by atoms with E-state index in [1.54, 1.807) is 4.90 Å². The fourth-order valence-electron chi connectivity index (χ4n) is 4.18. The Kier molecular flexibility index (Phi) is 5.74. The molecular formula is C24H25FN2O2. The third kappa shape index (κ3) is 4.39. The summed E-state index contributed by atoms with van der Waals surface area (Å²) in [5.41, 5.74) is 2.97. The van der Waals surface area contributed by atoms with E-state index in [0.29, 0.717) is 31.7 Å². The molecule has 1 unspecified atom stereocenters. The first kappa shape index (κ1) is 19.4. The summed E-state index contributed by atoms with van der Waals surface area (Å²) in [4.78, 5) is 29.4. The van der Waals surface area contributed by atoms with Gasteiger partial charge < -0.3 is 9.80 Å². The van der Waals surface area contributed by atoms with Crippen molar-refractivity contribution in [2.75, 3.05) is 26.2 Å². The molecule has 2 aromatic carbocycles. The first-order chi connectivity index (χ1) is 14.1. The van der Waals surface area contributed by atoms with Gasteiger partial charge in [0.1, 0.15) is 5.82 Å². The summed E-state index contributed by atoms with van der Waals surface area (Å²) in [6.45, 7) is 2.40. The van der Waals surface area contributed by atoms with Gasteiger partial charge in [0.15, 0.2) is 0 Å². The second-order valence-corrected chi connectivity index (χ2v) is 7.73. The number of hydrogen-bond donors (Lipinski definition) is 0. The van der Waals surface area contributed by atoms with Crippen LogP contribution in [-0.4, -0.2) is 47.8 Å². The van der Waals surface area contributed by atoms with Gasteiger partial charge in [-0.15, -0.1) is 0 Å². The van der Waals surface area contributed by atoms with Crippen molar-refractivity contribution in [3.8, 4) is 0 Å². The van der Waals surface area contributed by atoms with E-state index in [0.717, 1.165) is 19.3 Å². The second-order valence-electron chi connectivity index (χ2n) is 7.73. The zero-order valence-electron chi connectivity index (χ0n) is 16.4. The van der Waals surface area contributed by atoms with Gasteiger partial charge in [-0.05, 0) is 54.7 Å². The lowest BCUT2D eigenvalue weighted by atomic mass is 9.94. The first-order valence-corrected chi connectivity index (χ1v) is 10.2. The topological polar surface area (TPSA) is 40.6 Å². The fourth-order valence-corrected chi connectivity index (χ4v) is 4.18. The van der Waals surface area contributed by atoms with E-state index in [-0.39, 0.29) is 23.5 Å². The Morgan fingerprint density at radius 3 is 2.38 bits per heavy atom. The molecule has 4 nitrogen and oxygen atoms in total. The van der Waals surface area contributed by atoms with Crippen LogP contribution in [0.3, 0.4) is 0 Å². The van der Waals surface area contributed by atoms with Crippen molar-refractivity contribution in [1.29, 1.82) is 0 Å². The first-order valence-electron chi connectivity index (χ1n) is 10.2. The van der Waals surface area contributed by atoms with E-state index < -0.39 is 0 Å². The number of rotatable bonds is 3. The minimum Gasteiger partial charge on any atom is -0.338 e. The van der Waals surface area contributed by atoms with Gasteiger partial charge in [-0.1, -0.05) is 36.4 Å². The van der Waals surface area contributed by atoms with Gasteiger partial charge in [0.25, 0.3) is 5.91 Å². The second kappa shape index (κ2) is 8.60. The third-order valence-corrected chi connectivity index (χ3v) is 5.81. The molecule has 150 valence electrons. The normalized spacial score (nSPS) is 19.6. The summed E-state index contributed by atoms with van der Waals surface area (Å²) < 4.78 is 13.1. The third-order valence-electron chi connectivity index (χ3n) is 5.81. The SMILES string of the molecule is O=C(c1ccc(F)cc1)N1CCCC(C(=O)N2CC=C(c3ccccc3)CC2)C1. The fraction of sp³-hybridized carbons (Fsp3) is 0.333. The van der Waals surface area contributed by atoms with Crippen LogP contribution >= 0.6 is 0 Å². The van der Waals surface area contributed by atoms with E-state index in [4.69, 9.17) is 0 Å². The summed E-state index contributed by atoms with van der Waals surface area (Å²) in [5.74, 6) is -0.529. The molecule has 2 amide bonds. The molecule has 29 heavy (non-hydrogen) atoms. The van der Waals surface area contributed by atoms with Gasteiger partial charge in [0.05, 0.1) is 5.92 Å². The molecule has 0 spiro atoms. The Bertz CT molecular complexity index is 908. The predicted molar refractivity (Wildman–Crippen MR) is 111 cm³/mol. The summed E-state index contributed by atoms with van der Waals surface area (Å²) in [6.07, 6.45) is 4.60. The van der Waals surface area contributed by atoms with Crippen molar-refractivity contribution in [1.82, 2.24) is 9.80 Å². The largest absolute Gasteiger partial charge is 0.338 e. The molecule has 2 aliphatic heterocycles. The van der Waals surface area contributed by atoms with E-state index in [1.807, 2.05) is 23.1 Å². The van der Waals surface area contributed by atoms with Crippen LogP contribution < -0.4 is 0 Å². The molecule has 2 aromatic rings. The number of piperidine rings is 1. The average Bonchev–Trinajstić information content (AvgIpc) is 2.79. The quantitative estimate of drug-likeness (QED) is 0.792. The lowest BCUT2D eigenvalue weighted by molar-refractivity contribution is -0.136. The van der Waals surface area contributed by atoms with E-state index in [9.17, 15) is 14.0 Å². The Labute approximate surface area is 170 Å². The van der Waals surface area contributed by atoms with Crippen LogP contribution in [0.25, 0.3) is 5.57 Å². The summed E-state index contributed by atoms with van der Waals surface area (Å²) in [6, 6.07) is 15.9. The minimum atomic E-state index is -0.360. The highest BCUT2D eigenvalue weighted by Gasteiger charge is 2.32. The summed E-state index contributed by atoms with van der Waals surface area (Å²) in [7, 11) is 0. The molecule has 0 aliphatic carbocycles. The number of benzene rings is 2. The number of amides is 2. The van der Waals surface area contributed by atoms with Crippen molar-refractivity contribution < 1.29 is 14.0 Å². The van der Waals surface area contributed by atoms with Crippen molar-refractivity contribution >= 4 is 17.4 Å². The maximum Gasteiger partial charge on any atom is 0.253 e. The van der Waals surface area contributed by atoms with Crippen molar-refractivity contribution in [2.45, 2.75) is 19.3 Å². The van der Waals surface area contributed by atoms with Crippen LogP contribution in [0.5, 0.6) is 0 Å². The van der Waals surface area contributed by atoms with Crippen LogP contribution in [0.1, 0.15) is 35.2 Å². The highest BCUT2D eigenvalue weighted by atomic mass is 19.1. The van der Waals surface area contributed by atoms with Crippen molar-refractivity contribution in [3.63, 3.8) is 0 Å². The highest BCUT2D eigenvalue weighted by molar-refractivity contribution is 5.94. The Balaban J connectivity index is 1.38. The lowest BCUT2D eigenvalue weighted by Crippen LogP contribution is -2.47. The number of halogens is 1. The molecule has 0 aromatic heterocycles. The van der Waals surface area contributed by atoms with Crippen LogP contribution in [0.15, 0.2) is 60.7 Å². The van der Waals surface area contributed by atoms with Crippen LogP contribution in [-0.2, 0) is 4.79 Å². The molecule has 2 aliphatic rings. The monoisotopic (exact) mass is 392 g/mol. The number of carbonyl (C=O) groups excluding carboxylic acids is 2. The molecule has 0 N–H and O–H groups in total. The van der Waals surface area contributed by atoms with Gasteiger partial charge in [-0.3, -0.25) is 9.59 Å². The predicted octanol–water partition coefficient (Wildman–Crippen LogP) is 3.99. The molecule has 1 fully saturated rings. The molecular weight excluding hydrogens is 367 g/mol. The van der Waals surface area contributed by atoms with Gasteiger partial charge in [0, 0.05) is 31.7 Å². The van der Waals surface area contributed by atoms with E-state index >= 15 is 0 Å². The molecule has 1 atom stereocenters. The van der Waals surface area contributed by atoms with Crippen LogP contribution in [0, 0.1) is 11.7 Å². The van der Waals surface area contributed by atoms with Crippen molar-refractivity contribution in [3.05, 3.63) is 77.6 Å². The van der Waals surface area contributed by atoms with Gasteiger partial charge >= 0.3 is 0 Å². The zero-order valence-corrected chi connectivity index (χ0v) is 16.4. The lowest BCUT2D eigenvalue weighted by Gasteiger charge is -2.36. The van der Waals surface area contributed by atoms with Gasteiger partial charge in [0.2, 0.25) is 5.91 Å². The Hall–Kier alpha value is -2.95. The molecule has 0 saturated carbocycles. The molecule has 2 heterocycles. The molecule has 5 heteroatoms.